The number of phenols is 1. The van der Waals surface area contributed by atoms with Gasteiger partial charge in [-0.2, -0.15) is 5.10 Å². The molecule has 6 nitrogen and oxygen atoms in total. The van der Waals surface area contributed by atoms with Crippen molar-refractivity contribution in [2.24, 2.45) is 5.10 Å². The molecule has 2 heterocycles. The summed E-state index contributed by atoms with van der Waals surface area (Å²) in [6.07, 6.45) is 0.600. The molecule has 124 valence electrons. The molecule has 0 saturated carbocycles. The fourth-order valence-corrected chi connectivity index (χ4v) is 3.13. The van der Waals surface area contributed by atoms with Crippen LogP contribution in [0.4, 0.5) is 0 Å². The molecule has 0 radical (unpaired) electrons. The monoisotopic (exact) mass is 337 g/mol. The number of morpholine rings is 1. The van der Waals surface area contributed by atoms with Crippen LogP contribution in [0.3, 0.4) is 0 Å². The van der Waals surface area contributed by atoms with Crippen LogP contribution in [0.15, 0.2) is 23.3 Å². The summed E-state index contributed by atoms with van der Waals surface area (Å²) in [6, 6.07) is 4.58. The molecule has 0 spiro atoms. The minimum Gasteiger partial charge on any atom is -0.508 e. The Balaban J connectivity index is 1.78. The molecule has 23 heavy (non-hydrogen) atoms. The van der Waals surface area contributed by atoms with Crippen LogP contribution in [-0.2, 0) is 9.53 Å². The second kappa shape index (κ2) is 6.86. The Bertz CT molecular complexity index is 629. The summed E-state index contributed by atoms with van der Waals surface area (Å²) in [5.74, 6) is 0.0570. The number of carbonyl (C=O) groups is 1. The molecule has 0 bridgehead atoms. The van der Waals surface area contributed by atoms with Crippen molar-refractivity contribution < 1.29 is 14.6 Å². The Hall–Kier alpha value is -1.63. The van der Waals surface area contributed by atoms with Crippen molar-refractivity contribution in [2.45, 2.75) is 19.4 Å². The smallest absolute Gasteiger partial charge is 0.257 e. The van der Waals surface area contributed by atoms with Gasteiger partial charge in [0.25, 0.3) is 5.91 Å². The lowest BCUT2D eigenvalue weighted by atomic mass is 10.0. The number of hydrogen-bond donors (Lipinski definition) is 1. The van der Waals surface area contributed by atoms with Crippen LogP contribution in [-0.4, -0.2) is 59.5 Å². The zero-order valence-electron chi connectivity index (χ0n) is 13.0. The number of carbonyl (C=O) groups excluding carboxylic acids is 1. The second-order valence-corrected chi connectivity index (χ2v) is 6.32. The van der Waals surface area contributed by atoms with Crippen LogP contribution in [0.5, 0.6) is 5.75 Å². The standard InChI is InChI=1S/C16H20ClN3O3/c1-11-8-14(13-9-12(17)2-3-15(13)21)20(18-11)16(22)10-19-4-6-23-7-5-19/h2-3,9,14,21H,4-8,10H2,1H3. The third-order valence-corrected chi connectivity index (χ3v) is 4.36. The van der Waals surface area contributed by atoms with Crippen molar-refractivity contribution in [3.63, 3.8) is 0 Å². The summed E-state index contributed by atoms with van der Waals surface area (Å²) in [7, 11) is 0. The molecule has 1 fully saturated rings. The van der Waals surface area contributed by atoms with E-state index in [0.29, 0.717) is 36.8 Å². The zero-order chi connectivity index (χ0) is 16.4. The highest BCUT2D eigenvalue weighted by atomic mass is 35.5. The average Bonchev–Trinajstić information content (AvgIpc) is 2.92. The fourth-order valence-electron chi connectivity index (χ4n) is 2.95. The maximum absolute atomic E-state index is 12.7. The Kier molecular flexibility index (Phi) is 4.84. The van der Waals surface area contributed by atoms with Crippen molar-refractivity contribution in [1.82, 2.24) is 9.91 Å². The van der Waals surface area contributed by atoms with E-state index in [1.54, 1.807) is 18.2 Å². The Morgan fingerprint density at radius 1 is 1.43 bits per heavy atom. The molecule has 1 N–H and O–H groups in total. The summed E-state index contributed by atoms with van der Waals surface area (Å²) in [5.41, 5.74) is 1.50. The van der Waals surface area contributed by atoms with Crippen LogP contribution in [0.25, 0.3) is 0 Å². The van der Waals surface area contributed by atoms with Crippen molar-refractivity contribution in [3.8, 4) is 5.75 Å². The van der Waals surface area contributed by atoms with Crippen LogP contribution < -0.4 is 0 Å². The molecule has 7 heteroatoms. The first-order chi connectivity index (χ1) is 11.0. The van der Waals surface area contributed by atoms with Gasteiger partial charge in [-0.25, -0.2) is 5.01 Å². The normalized spacial score (nSPS) is 22.3. The van der Waals surface area contributed by atoms with Gasteiger partial charge in [-0.05, 0) is 25.1 Å². The van der Waals surface area contributed by atoms with Gasteiger partial charge in [0.1, 0.15) is 5.75 Å². The Morgan fingerprint density at radius 3 is 2.91 bits per heavy atom. The molecule has 2 aliphatic rings. The summed E-state index contributed by atoms with van der Waals surface area (Å²) in [6.45, 7) is 4.97. The van der Waals surface area contributed by atoms with Gasteiger partial charge in [0.15, 0.2) is 0 Å². The van der Waals surface area contributed by atoms with Gasteiger partial charge < -0.3 is 9.84 Å². The molecule has 1 unspecified atom stereocenters. The highest BCUT2D eigenvalue weighted by Crippen LogP contribution is 2.37. The average molecular weight is 338 g/mol. The lowest BCUT2D eigenvalue weighted by Gasteiger charge is -2.29. The quantitative estimate of drug-likeness (QED) is 0.916. The number of hydrazone groups is 1. The number of halogens is 1. The highest BCUT2D eigenvalue weighted by molar-refractivity contribution is 6.30. The molecule has 1 amide bonds. The Morgan fingerprint density at radius 2 is 2.17 bits per heavy atom. The lowest BCUT2D eigenvalue weighted by Crippen LogP contribution is -2.43. The van der Waals surface area contributed by atoms with E-state index in [4.69, 9.17) is 16.3 Å². The fraction of sp³-hybridized carbons (Fsp3) is 0.500. The van der Waals surface area contributed by atoms with Crippen molar-refractivity contribution in [3.05, 3.63) is 28.8 Å². The van der Waals surface area contributed by atoms with Crippen LogP contribution in [0, 0.1) is 0 Å². The summed E-state index contributed by atoms with van der Waals surface area (Å²) in [5, 5.41) is 16.5. The van der Waals surface area contributed by atoms with Crippen molar-refractivity contribution in [1.29, 1.82) is 0 Å². The number of phenolic OH excluding ortho intramolecular Hbond substituents is 1. The molecule has 0 aliphatic carbocycles. The third kappa shape index (κ3) is 3.65. The Labute approximate surface area is 140 Å². The minimum absolute atomic E-state index is 0.0758. The molecule has 1 aromatic rings. The number of aromatic hydroxyl groups is 1. The van der Waals surface area contributed by atoms with E-state index >= 15 is 0 Å². The second-order valence-electron chi connectivity index (χ2n) is 5.89. The topological polar surface area (TPSA) is 65.4 Å². The van der Waals surface area contributed by atoms with Gasteiger partial charge >= 0.3 is 0 Å². The molecule has 3 rings (SSSR count). The number of benzene rings is 1. The van der Waals surface area contributed by atoms with E-state index in [1.165, 1.54) is 5.01 Å². The molecule has 2 aliphatic heterocycles. The van der Waals surface area contributed by atoms with Gasteiger partial charge in [-0.1, -0.05) is 11.6 Å². The number of rotatable bonds is 3. The largest absolute Gasteiger partial charge is 0.508 e. The van der Waals surface area contributed by atoms with Crippen molar-refractivity contribution in [2.75, 3.05) is 32.8 Å². The van der Waals surface area contributed by atoms with E-state index in [-0.39, 0.29) is 17.7 Å². The van der Waals surface area contributed by atoms with Gasteiger partial charge in [-0.15, -0.1) is 0 Å². The number of amides is 1. The van der Waals surface area contributed by atoms with Gasteiger partial charge in [0, 0.05) is 35.8 Å². The predicted molar refractivity (Wildman–Crippen MR) is 87.7 cm³/mol. The summed E-state index contributed by atoms with van der Waals surface area (Å²) >= 11 is 6.04. The van der Waals surface area contributed by atoms with E-state index in [2.05, 4.69) is 10.0 Å². The van der Waals surface area contributed by atoms with Gasteiger partial charge in [-0.3, -0.25) is 9.69 Å². The van der Waals surface area contributed by atoms with Gasteiger partial charge in [0.2, 0.25) is 0 Å². The zero-order valence-corrected chi connectivity index (χ0v) is 13.8. The lowest BCUT2D eigenvalue weighted by molar-refractivity contribution is -0.135. The first kappa shape index (κ1) is 16.2. The predicted octanol–water partition coefficient (Wildman–Crippen LogP) is 2.03. The molecule has 1 atom stereocenters. The van der Waals surface area contributed by atoms with E-state index in [9.17, 15) is 9.90 Å². The van der Waals surface area contributed by atoms with Gasteiger partial charge in [0.05, 0.1) is 25.8 Å². The van der Waals surface area contributed by atoms with E-state index < -0.39 is 0 Å². The van der Waals surface area contributed by atoms with E-state index in [0.717, 1.165) is 18.8 Å². The SMILES string of the molecule is CC1=NN(C(=O)CN2CCOCC2)C(c2cc(Cl)ccc2O)C1. The first-order valence-electron chi connectivity index (χ1n) is 7.69. The van der Waals surface area contributed by atoms with E-state index in [1.807, 2.05) is 6.92 Å². The number of ether oxygens (including phenoxy) is 1. The third-order valence-electron chi connectivity index (χ3n) is 4.13. The summed E-state index contributed by atoms with van der Waals surface area (Å²) < 4.78 is 5.30. The number of nitrogens with zero attached hydrogens (tertiary/aromatic N) is 3. The number of hydrogen-bond acceptors (Lipinski definition) is 5. The first-order valence-corrected chi connectivity index (χ1v) is 8.07. The summed E-state index contributed by atoms with van der Waals surface area (Å²) in [4.78, 5) is 14.7. The highest BCUT2D eigenvalue weighted by Gasteiger charge is 2.33. The maximum atomic E-state index is 12.7. The maximum Gasteiger partial charge on any atom is 0.257 e. The minimum atomic E-state index is -0.303. The van der Waals surface area contributed by atoms with Crippen molar-refractivity contribution >= 4 is 23.2 Å². The molecular weight excluding hydrogens is 318 g/mol. The van der Waals surface area contributed by atoms with Crippen LogP contribution >= 0.6 is 11.6 Å². The van der Waals surface area contributed by atoms with Crippen LogP contribution in [0.1, 0.15) is 24.9 Å². The van der Waals surface area contributed by atoms with Crippen LogP contribution in [0.2, 0.25) is 5.02 Å². The molecular formula is C16H20ClN3O3. The molecule has 1 aromatic carbocycles. The molecule has 0 aromatic heterocycles. The molecule has 1 saturated heterocycles.